The predicted octanol–water partition coefficient (Wildman–Crippen LogP) is 3.99. The summed E-state index contributed by atoms with van der Waals surface area (Å²) >= 11 is 0. The van der Waals surface area contributed by atoms with E-state index in [1.54, 1.807) is 50.4 Å². The molecular weight excluding hydrogens is 271 g/mol. The molecule has 0 fully saturated rings. The topological polar surface area (TPSA) is 46.5 Å². The van der Waals surface area contributed by atoms with Crippen molar-refractivity contribution in [1.29, 1.82) is 0 Å². The fraction of sp³-hybridized carbons (Fsp3) is 0.118. The van der Waals surface area contributed by atoms with Crippen LogP contribution in [0.3, 0.4) is 0 Å². The number of hydrogen-bond donors (Lipinski definition) is 1. The van der Waals surface area contributed by atoms with Gasteiger partial charge < -0.3 is 9.84 Å². The zero-order valence-corrected chi connectivity index (χ0v) is 11.8. The molecule has 4 heteroatoms. The second-order valence-electron chi connectivity index (χ2n) is 4.59. The summed E-state index contributed by atoms with van der Waals surface area (Å²) in [6.45, 7) is 1.68. The summed E-state index contributed by atoms with van der Waals surface area (Å²) in [5, 5.41) is 8.79. The largest absolute Gasteiger partial charge is 0.497 e. The molecule has 0 saturated carbocycles. The first kappa shape index (κ1) is 14.8. The number of carboxylic acids is 1. The number of aliphatic carboxylic acids is 1. The zero-order valence-electron chi connectivity index (χ0n) is 11.8. The van der Waals surface area contributed by atoms with E-state index >= 15 is 0 Å². The van der Waals surface area contributed by atoms with Gasteiger partial charge in [0.25, 0.3) is 0 Å². The molecule has 0 amide bonds. The first-order valence-corrected chi connectivity index (χ1v) is 6.37. The van der Waals surface area contributed by atoms with Crippen molar-refractivity contribution in [2.24, 2.45) is 0 Å². The van der Waals surface area contributed by atoms with Crippen molar-refractivity contribution in [3.63, 3.8) is 0 Å². The van der Waals surface area contributed by atoms with E-state index < -0.39 is 5.97 Å². The van der Waals surface area contributed by atoms with Crippen LogP contribution in [0, 0.1) is 5.82 Å². The monoisotopic (exact) mass is 286 g/mol. The minimum absolute atomic E-state index is 0.366. The number of carboxylic acid groups (broad SMARTS) is 1. The summed E-state index contributed by atoms with van der Waals surface area (Å²) in [5.74, 6) is -0.759. The van der Waals surface area contributed by atoms with Crippen LogP contribution in [0.15, 0.2) is 48.5 Å². The molecule has 2 aromatic carbocycles. The Morgan fingerprint density at radius 3 is 2.67 bits per heavy atom. The van der Waals surface area contributed by atoms with Gasteiger partial charge in [-0.15, -0.1) is 0 Å². The molecule has 2 aromatic rings. The van der Waals surface area contributed by atoms with Crippen molar-refractivity contribution in [3.05, 3.63) is 59.9 Å². The zero-order chi connectivity index (χ0) is 15.4. The van der Waals surface area contributed by atoms with Crippen molar-refractivity contribution >= 4 is 11.5 Å². The molecule has 0 aromatic heterocycles. The van der Waals surface area contributed by atoms with Crippen LogP contribution in [0.5, 0.6) is 5.75 Å². The van der Waals surface area contributed by atoms with Crippen molar-refractivity contribution < 1.29 is 19.0 Å². The Morgan fingerprint density at radius 1 is 1.24 bits per heavy atom. The van der Waals surface area contributed by atoms with E-state index in [9.17, 15) is 9.18 Å². The maximum atomic E-state index is 14.0. The Hall–Kier alpha value is -2.62. The summed E-state index contributed by atoms with van der Waals surface area (Å²) < 4.78 is 19.2. The van der Waals surface area contributed by atoms with E-state index in [-0.39, 0.29) is 5.82 Å². The molecule has 0 unspecified atom stereocenters. The smallest absolute Gasteiger partial charge is 0.328 e. The van der Waals surface area contributed by atoms with Gasteiger partial charge in [0.1, 0.15) is 11.6 Å². The van der Waals surface area contributed by atoms with Gasteiger partial charge in [-0.25, -0.2) is 9.18 Å². The molecule has 0 bridgehead atoms. The van der Waals surface area contributed by atoms with Crippen molar-refractivity contribution in [1.82, 2.24) is 0 Å². The molecule has 0 aliphatic heterocycles. The van der Waals surface area contributed by atoms with Crippen LogP contribution in [-0.2, 0) is 4.79 Å². The van der Waals surface area contributed by atoms with Gasteiger partial charge in [-0.2, -0.15) is 0 Å². The summed E-state index contributed by atoms with van der Waals surface area (Å²) in [7, 11) is 1.55. The molecule has 0 spiro atoms. The summed E-state index contributed by atoms with van der Waals surface area (Å²) in [6.07, 6.45) is 1.10. The standard InChI is InChI=1S/C17H15FO3/c1-11(8-17(19)20)12-6-7-16(18)15(10-12)13-4-3-5-14(9-13)21-2/h3-10H,1-2H3,(H,19,20)/b11-8+. The van der Waals surface area contributed by atoms with Crippen LogP contribution in [0.1, 0.15) is 12.5 Å². The SMILES string of the molecule is COc1cccc(-c2cc(/C(C)=C/C(=O)O)ccc2F)c1. The van der Waals surface area contributed by atoms with Crippen LogP contribution in [0.25, 0.3) is 16.7 Å². The van der Waals surface area contributed by atoms with E-state index in [1.807, 2.05) is 0 Å². The minimum atomic E-state index is -1.03. The van der Waals surface area contributed by atoms with Gasteiger partial charge in [0.15, 0.2) is 0 Å². The van der Waals surface area contributed by atoms with Gasteiger partial charge in [-0.3, -0.25) is 0 Å². The summed E-state index contributed by atoms with van der Waals surface area (Å²) in [6, 6.07) is 11.6. The maximum Gasteiger partial charge on any atom is 0.328 e. The van der Waals surface area contributed by atoms with E-state index in [0.29, 0.717) is 28.0 Å². The third-order valence-electron chi connectivity index (χ3n) is 3.14. The number of carbonyl (C=O) groups is 1. The van der Waals surface area contributed by atoms with Crippen molar-refractivity contribution in [2.75, 3.05) is 7.11 Å². The van der Waals surface area contributed by atoms with Gasteiger partial charge >= 0.3 is 5.97 Å². The third-order valence-corrected chi connectivity index (χ3v) is 3.14. The minimum Gasteiger partial charge on any atom is -0.497 e. The van der Waals surface area contributed by atoms with Crippen LogP contribution >= 0.6 is 0 Å². The second kappa shape index (κ2) is 6.22. The number of rotatable bonds is 4. The normalized spacial score (nSPS) is 11.3. The highest BCUT2D eigenvalue weighted by Gasteiger charge is 2.09. The highest BCUT2D eigenvalue weighted by atomic mass is 19.1. The fourth-order valence-electron chi connectivity index (χ4n) is 2.05. The number of halogens is 1. The van der Waals surface area contributed by atoms with Crippen LogP contribution < -0.4 is 4.74 Å². The lowest BCUT2D eigenvalue weighted by atomic mass is 9.99. The van der Waals surface area contributed by atoms with E-state index in [0.717, 1.165) is 6.08 Å². The average Bonchev–Trinajstić information content (AvgIpc) is 2.47. The van der Waals surface area contributed by atoms with Crippen LogP contribution in [-0.4, -0.2) is 18.2 Å². The second-order valence-corrected chi connectivity index (χ2v) is 4.59. The Kier molecular flexibility index (Phi) is 4.38. The van der Waals surface area contributed by atoms with E-state index in [1.165, 1.54) is 6.07 Å². The van der Waals surface area contributed by atoms with Crippen LogP contribution in [0.4, 0.5) is 4.39 Å². The van der Waals surface area contributed by atoms with Gasteiger partial charge in [0, 0.05) is 11.6 Å². The molecule has 0 aliphatic rings. The summed E-state index contributed by atoms with van der Waals surface area (Å²) in [5.41, 5.74) is 2.31. The molecule has 0 radical (unpaired) electrons. The highest BCUT2D eigenvalue weighted by Crippen LogP contribution is 2.29. The van der Waals surface area contributed by atoms with Crippen LogP contribution in [0.2, 0.25) is 0 Å². The van der Waals surface area contributed by atoms with Crippen molar-refractivity contribution in [3.8, 4) is 16.9 Å². The first-order chi connectivity index (χ1) is 10.0. The molecule has 0 saturated heterocycles. The summed E-state index contributed by atoms with van der Waals surface area (Å²) in [4.78, 5) is 10.7. The molecule has 3 nitrogen and oxygen atoms in total. The number of benzene rings is 2. The van der Waals surface area contributed by atoms with Gasteiger partial charge in [-0.1, -0.05) is 18.2 Å². The average molecular weight is 286 g/mol. The van der Waals surface area contributed by atoms with Crippen molar-refractivity contribution in [2.45, 2.75) is 6.92 Å². The Balaban J connectivity index is 2.51. The van der Waals surface area contributed by atoms with Gasteiger partial charge in [0.05, 0.1) is 7.11 Å². The first-order valence-electron chi connectivity index (χ1n) is 6.37. The van der Waals surface area contributed by atoms with Gasteiger partial charge in [-0.05, 0) is 47.9 Å². The number of allylic oxidation sites excluding steroid dienone is 1. The molecular formula is C17H15FO3. The van der Waals surface area contributed by atoms with E-state index in [2.05, 4.69) is 0 Å². The molecule has 0 aliphatic carbocycles. The molecule has 1 N–H and O–H groups in total. The third kappa shape index (κ3) is 3.48. The lowest BCUT2D eigenvalue weighted by molar-refractivity contribution is -0.131. The molecule has 108 valence electrons. The maximum absolute atomic E-state index is 14.0. The van der Waals surface area contributed by atoms with E-state index in [4.69, 9.17) is 9.84 Å². The Bertz CT molecular complexity index is 705. The number of methoxy groups -OCH3 is 1. The highest BCUT2D eigenvalue weighted by molar-refractivity contribution is 5.90. The quantitative estimate of drug-likeness (QED) is 0.864. The Labute approximate surface area is 122 Å². The molecule has 0 heterocycles. The molecule has 0 atom stereocenters. The number of hydrogen-bond acceptors (Lipinski definition) is 2. The number of ether oxygens (including phenoxy) is 1. The predicted molar refractivity (Wildman–Crippen MR) is 79.7 cm³/mol. The molecule has 21 heavy (non-hydrogen) atoms. The Morgan fingerprint density at radius 2 is 2.00 bits per heavy atom. The fourth-order valence-corrected chi connectivity index (χ4v) is 2.05. The van der Waals surface area contributed by atoms with Gasteiger partial charge in [0.2, 0.25) is 0 Å². The molecule has 2 rings (SSSR count). The lowest BCUT2D eigenvalue weighted by Gasteiger charge is -2.09. The lowest BCUT2D eigenvalue weighted by Crippen LogP contribution is -1.92.